The summed E-state index contributed by atoms with van der Waals surface area (Å²) in [6.45, 7) is 0.354. The SMILES string of the molecule is O=P(Cl)(Cl)OCCOc1ccccc1. The maximum atomic E-state index is 10.7. The van der Waals surface area contributed by atoms with Crippen LogP contribution < -0.4 is 4.74 Å². The second kappa shape index (κ2) is 5.62. The van der Waals surface area contributed by atoms with E-state index in [-0.39, 0.29) is 13.2 Å². The van der Waals surface area contributed by atoms with Crippen LogP contribution >= 0.6 is 28.6 Å². The summed E-state index contributed by atoms with van der Waals surface area (Å²) >= 11 is 10.3. The number of hydrogen-bond acceptors (Lipinski definition) is 3. The molecule has 0 amide bonds. The van der Waals surface area contributed by atoms with E-state index in [0.717, 1.165) is 5.75 Å². The van der Waals surface area contributed by atoms with E-state index in [1.54, 1.807) is 12.1 Å². The number of para-hydroxylation sites is 1. The number of rotatable bonds is 5. The van der Waals surface area contributed by atoms with E-state index < -0.39 is 6.07 Å². The molecule has 0 unspecified atom stereocenters. The Hall–Kier alpha value is -0.210. The van der Waals surface area contributed by atoms with Gasteiger partial charge in [0.05, 0.1) is 6.61 Å². The summed E-state index contributed by atoms with van der Waals surface area (Å²) in [6.07, 6.45) is -3.42. The second-order valence-corrected chi connectivity index (χ2v) is 6.69. The molecule has 0 saturated heterocycles. The second-order valence-electron chi connectivity index (χ2n) is 2.41. The molecule has 0 heterocycles. The van der Waals surface area contributed by atoms with Gasteiger partial charge in [-0.2, -0.15) is 0 Å². The molecular formula is C8H9Cl2O3P. The summed E-state index contributed by atoms with van der Waals surface area (Å²) < 4.78 is 20.5. The first-order valence-electron chi connectivity index (χ1n) is 3.90. The predicted octanol–water partition coefficient (Wildman–Crippen LogP) is 3.67. The van der Waals surface area contributed by atoms with Crippen LogP contribution in [0.4, 0.5) is 0 Å². The molecule has 14 heavy (non-hydrogen) atoms. The molecule has 0 aliphatic heterocycles. The minimum absolute atomic E-state index is 0.0964. The molecule has 0 N–H and O–H groups in total. The van der Waals surface area contributed by atoms with Gasteiger partial charge >= 0.3 is 6.07 Å². The highest BCUT2D eigenvalue weighted by Crippen LogP contribution is 2.57. The average molecular weight is 255 g/mol. The Morgan fingerprint density at radius 3 is 2.36 bits per heavy atom. The largest absolute Gasteiger partial charge is 0.491 e. The maximum absolute atomic E-state index is 10.7. The van der Waals surface area contributed by atoms with E-state index in [2.05, 4.69) is 4.52 Å². The van der Waals surface area contributed by atoms with Crippen LogP contribution in [0.5, 0.6) is 5.75 Å². The Morgan fingerprint density at radius 2 is 1.79 bits per heavy atom. The molecule has 0 spiro atoms. The summed E-state index contributed by atoms with van der Waals surface area (Å²) in [6, 6.07) is 9.20. The van der Waals surface area contributed by atoms with Gasteiger partial charge in [-0.3, -0.25) is 4.57 Å². The number of halogens is 2. The molecule has 3 nitrogen and oxygen atoms in total. The van der Waals surface area contributed by atoms with Crippen molar-refractivity contribution in [3.05, 3.63) is 30.3 Å². The van der Waals surface area contributed by atoms with E-state index in [9.17, 15) is 4.57 Å². The van der Waals surface area contributed by atoms with Crippen molar-refractivity contribution in [1.82, 2.24) is 0 Å². The highest BCUT2D eigenvalue weighted by atomic mass is 35.9. The molecule has 1 aromatic rings. The van der Waals surface area contributed by atoms with Crippen LogP contribution in [0.3, 0.4) is 0 Å². The molecule has 0 aliphatic carbocycles. The Labute approximate surface area is 92.0 Å². The lowest BCUT2D eigenvalue weighted by Gasteiger charge is -2.06. The van der Waals surface area contributed by atoms with Crippen molar-refractivity contribution >= 4 is 28.6 Å². The molecule has 1 rings (SSSR count). The molecule has 0 aliphatic rings. The molecule has 0 saturated carbocycles. The molecule has 0 radical (unpaired) electrons. The van der Waals surface area contributed by atoms with Crippen molar-refractivity contribution in [3.8, 4) is 5.75 Å². The van der Waals surface area contributed by atoms with E-state index in [1.807, 2.05) is 18.2 Å². The summed E-state index contributed by atoms with van der Waals surface area (Å²) in [7, 11) is 0. The maximum Gasteiger partial charge on any atom is 0.380 e. The van der Waals surface area contributed by atoms with Crippen molar-refractivity contribution in [3.63, 3.8) is 0 Å². The molecule has 0 atom stereocenters. The first-order valence-corrected chi connectivity index (χ1v) is 7.33. The monoisotopic (exact) mass is 254 g/mol. The Balaban J connectivity index is 2.20. The van der Waals surface area contributed by atoms with Crippen molar-refractivity contribution < 1.29 is 13.8 Å². The normalized spacial score (nSPS) is 11.3. The van der Waals surface area contributed by atoms with Crippen LogP contribution in [0.15, 0.2) is 30.3 Å². The lowest BCUT2D eigenvalue weighted by atomic mass is 10.3. The molecule has 6 heteroatoms. The van der Waals surface area contributed by atoms with Crippen LogP contribution in [0.2, 0.25) is 0 Å². The van der Waals surface area contributed by atoms with Crippen LogP contribution in [-0.2, 0) is 9.09 Å². The lowest BCUT2D eigenvalue weighted by molar-refractivity contribution is 0.226. The zero-order valence-corrected chi connectivity index (χ0v) is 9.64. The fourth-order valence-corrected chi connectivity index (χ4v) is 1.52. The van der Waals surface area contributed by atoms with Gasteiger partial charge in [0.15, 0.2) is 0 Å². The third kappa shape index (κ3) is 5.51. The third-order valence-electron chi connectivity index (χ3n) is 1.34. The van der Waals surface area contributed by atoms with E-state index in [4.69, 9.17) is 27.2 Å². The Bertz CT molecular complexity index is 312. The highest BCUT2D eigenvalue weighted by Gasteiger charge is 2.13. The zero-order chi connectivity index (χ0) is 10.4. The van der Waals surface area contributed by atoms with Gasteiger partial charge in [-0.15, -0.1) is 0 Å². The molecule has 0 aromatic heterocycles. The first-order chi connectivity index (χ1) is 6.58. The summed E-state index contributed by atoms with van der Waals surface area (Å²) in [5.41, 5.74) is 0. The standard InChI is InChI=1S/C8H9Cl2O3P/c9-14(10,11)13-7-6-12-8-4-2-1-3-5-8/h1-5H,6-7H2. The predicted molar refractivity (Wildman–Crippen MR) is 57.2 cm³/mol. The molecule has 0 fully saturated rings. The molecule has 0 bridgehead atoms. The molecule has 1 aromatic carbocycles. The van der Waals surface area contributed by atoms with Crippen molar-refractivity contribution in [2.45, 2.75) is 0 Å². The first kappa shape index (κ1) is 11.9. The lowest BCUT2D eigenvalue weighted by Crippen LogP contribution is -2.03. The van der Waals surface area contributed by atoms with Crippen molar-refractivity contribution in [1.29, 1.82) is 0 Å². The van der Waals surface area contributed by atoms with E-state index >= 15 is 0 Å². The van der Waals surface area contributed by atoms with Gasteiger partial charge in [0.2, 0.25) is 0 Å². The molecular weight excluding hydrogens is 246 g/mol. The van der Waals surface area contributed by atoms with Crippen LogP contribution in [-0.4, -0.2) is 13.2 Å². The van der Waals surface area contributed by atoms with Gasteiger partial charge < -0.3 is 9.26 Å². The summed E-state index contributed by atoms with van der Waals surface area (Å²) in [5.74, 6) is 0.718. The van der Waals surface area contributed by atoms with Gasteiger partial charge in [-0.05, 0) is 34.6 Å². The fourth-order valence-electron chi connectivity index (χ4n) is 0.820. The number of benzene rings is 1. The van der Waals surface area contributed by atoms with Gasteiger partial charge in [-0.25, -0.2) is 0 Å². The number of hydrogen-bond donors (Lipinski definition) is 0. The third-order valence-corrected chi connectivity index (χ3v) is 2.41. The summed E-state index contributed by atoms with van der Waals surface area (Å²) in [5, 5.41) is 0. The van der Waals surface area contributed by atoms with Gasteiger partial charge in [0.25, 0.3) is 0 Å². The van der Waals surface area contributed by atoms with Crippen LogP contribution in [0.1, 0.15) is 0 Å². The van der Waals surface area contributed by atoms with E-state index in [1.165, 1.54) is 0 Å². The minimum atomic E-state index is -3.42. The Morgan fingerprint density at radius 1 is 1.14 bits per heavy atom. The average Bonchev–Trinajstić information content (AvgIpc) is 2.13. The quantitative estimate of drug-likeness (QED) is 0.594. The van der Waals surface area contributed by atoms with Gasteiger partial charge in [0.1, 0.15) is 12.4 Å². The van der Waals surface area contributed by atoms with Gasteiger partial charge in [0, 0.05) is 0 Å². The Kier molecular flexibility index (Phi) is 4.76. The fraction of sp³-hybridized carbons (Fsp3) is 0.250. The topological polar surface area (TPSA) is 35.5 Å². The van der Waals surface area contributed by atoms with Crippen LogP contribution in [0, 0.1) is 0 Å². The zero-order valence-electron chi connectivity index (χ0n) is 7.23. The summed E-state index contributed by atoms with van der Waals surface area (Å²) in [4.78, 5) is 0. The number of ether oxygens (including phenoxy) is 1. The van der Waals surface area contributed by atoms with Crippen LogP contribution in [0.25, 0.3) is 0 Å². The smallest absolute Gasteiger partial charge is 0.380 e. The van der Waals surface area contributed by atoms with Crippen molar-refractivity contribution in [2.24, 2.45) is 0 Å². The molecule has 78 valence electrons. The highest BCUT2D eigenvalue weighted by molar-refractivity contribution is 8.05. The minimum Gasteiger partial charge on any atom is -0.491 e. The van der Waals surface area contributed by atoms with Crippen molar-refractivity contribution in [2.75, 3.05) is 13.2 Å². The van der Waals surface area contributed by atoms with Gasteiger partial charge in [-0.1, -0.05) is 18.2 Å². The van der Waals surface area contributed by atoms with E-state index in [0.29, 0.717) is 0 Å².